The highest BCUT2D eigenvalue weighted by molar-refractivity contribution is 5.89. The molecule has 0 saturated carbocycles. The van der Waals surface area contributed by atoms with Crippen LogP contribution in [0.3, 0.4) is 0 Å². The first-order valence-electron chi connectivity index (χ1n) is 5.09. The van der Waals surface area contributed by atoms with Gasteiger partial charge >= 0.3 is 0 Å². The van der Waals surface area contributed by atoms with Crippen LogP contribution in [0.2, 0.25) is 0 Å². The Morgan fingerprint density at radius 3 is 2.86 bits per heavy atom. The van der Waals surface area contributed by atoms with Gasteiger partial charge in [-0.15, -0.1) is 40.8 Å². The Kier molecular flexibility index (Phi) is 1.44. The Hall–Kier alpha value is -1.43. The maximum Gasteiger partial charge on any atom is -0.0206 e. The topological polar surface area (TPSA) is 0 Å². The third-order valence-corrected chi connectivity index (χ3v) is 2.98. The van der Waals surface area contributed by atoms with Crippen molar-refractivity contribution in [3.05, 3.63) is 46.5 Å². The van der Waals surface area contributed by atoms with Crippen LogP contribution in [0.4, 0.5) is 0 Å². The highest BCUT2D eigenvalue weighted by atomic mass is 14.2. The molecule has 0 saturated heterocycles. The zero-order valence-electron chi connectivity index (χ0n) is 8.59. The Labute approximate surface area is 84.2 Å². The fourth-order valence-corrected chi connectivity index (χ4v) is 2.38. The molecule has 0 amide bonds. The van der Waals surface area contributed by atoms with Crippen molar-refractivity contribution in [1.82, 2.24) is 0 Å². The molecule has 0 aromatic heterocycles. The summed E-state index contributed by atoms with van der Waals surface area (Å²) in [5, 5.41) is 2.77. The van der Waals surface area contributed by atoms with Crippen LogP contribution in [-0.4, -0.2) is 0 Å². The van der Waals surface area contributed by atoms with Gasteiger partial charge < -0.3 is 0 Å². The zero-order valence-corrected chi connectivity index (χ0v) is 8.59. The lowest BCUT2D eigenvalue weighted by atomic mass is 10.1. The number of rotatable bonds is 0. The van der Waals surface area contributed by atoms with Crippen LogP contribution in [-0.2, 0) is 6.42 Å². The molecule has 3 rings (SSSR count). The summed E-state index contributed by atoms with van der Waals surface area (Å²) in [6.45, 7) is 4.36. The van der Waals surface area contributed by atoms with E-state index in [9.17, 15) is 0 Å². The van der Waals surface area contributed by atoms with Crippen LogP contribution < -0.4 is 0 Å². The van der Waals surface area contributed by atoms with Gasteiger partial charge in [-0.1, -0.05) is 29.5 Å². The molecule has 0 nitrogen and oxygen atoms in total. The summed E-state index contributed by atoms with van der Waals surface area (Å²) >= 11 is 0. The summed E-state index contributed by atoms with van der Waals surface area (Å²) in [7, 11) is 0. The number of fused-ring (bicyclic) bond motifs is 2. The molecule has 0 heterocycles. The molecule has 2 aromatic carbocycles. The molecule has 0 fully saturated rings. The van der Waals surface area contributed by atoms with Crippen LogP contribution in [0.25, 0.3) is 16.8 Å². The van der Waals surface area contributed by atoms with Crippen molar-refractivity contribution in [2.24, 2.45) is 0 Å². The molecular formula is C14H13-. The summed E-state index contributed by atoms with van der Waals surface area (Å²) in [6.07, 6.45) is 3.44. The van der Waals surface area contributed by atoms with Crippen LogP contribution in [0.1, 0.15) is 23.6 Å². The SMILES string of the molecule is CC1=Cc2c[c-]3cc(C)cc3cc2C1. The monoisotopic (exact) mass is 181 g/mol. The van der Waals surface area contributed by atoms with Crippen molar-refractivity contribution in [3.63, 3.8) is 0 Å². The molecule has 0 atom stereocenters. The van der Waals surface area contributed by atoms with Crippen LogP contribution in [0.5, 0.6) is 0 Å². The van der Waals surface area contributed by atoms with Gasteiger partial charge in [0.25, 0.3) is 0 Å². The maximum absolute atomic E-state index is 2.34. The number of allylic oxidation sites excluding steroid dienone is 1. The van der Waals surface area contributed by atoms with E-state index in [1.807, 2.05) is 0 Å². The highest BCUT2D eigenvalue weighted by Crippen LogP contribution is 2.30. The molecule has 0 aliphatic heterocycles. The summed E-state index contributed by atoms with van der Waals surface area (Å²) < 4.78 is 0. The van der Waals surface area contributed by atoms with Crippen LogP contribution in [0, 0.1) is 6.92 Å². The number of hydrogen-bond acceptors (Lipinski definition) is 0. The van der Waals surface area contributed by atoms with Crippen molar-refractivity contribution in [2.45, 2.75) is 20.3 Å². The Morgan fingerprint density at radius 1 is 1.14 bits per heavy atom. The fraction of sp³-hybridized carbons (Fsp3) is 0.214. The van der Waals surface area contributed by atoms with E-state index in [-0.39, 0.29) is 0 Å². The van der Waals surface area contributed by atoms with Crippen LogP contribution >= 0.6 is 0 Å². The number of benzene rings is 1. The molecular weight excluding hydrogens is 168 g/mol. The zero-order chi connectivity index (χ0) is 9.71. The van der Waals surface area contributed by atoms with E-state index in [1.54, 1.807) is 0 Å². The number of hydrogen-bond donors (Lipinski definition) is 0. The first-order chi connectivity index (χ1) is 6.72. The molecule has 1 aliphatic rings. The first-order valence-corrected chi connectivity index (χ1v) is 5.09. The van der Waals surface area contributed by atoms with Gasteiger partial charge in [0.05, 0.1) is 0 Å². The van der Waals surface area contributed by atoms with E-state index < -0.39 is 0 Å². The van der Waals surface area contributed by atoms with Crippen LogP contribution in [0.15, 0.2) is 29.8 Å². The van der Waals surface area contributed by atoms with Gasteiger partial charge in [0, 0.05) is 0 Å². The highest BCUT2D eigenvalue weighted by Gasteiger charge is 2.05. The fourth-order valence-electron chi connectivity index (χ4n) is 2.38. The van der Waals surface area contributed by atoms with Crippen molar-refractivity contribution < 1.29 is 0 Å². The second kappa shape index (κ2) is 2.54. The first kappa shape index (κ1) is 7.93. The van der Waals surface area contributed by atoms with E-state index >= 15 is 0 Å². The normalized spacial score (nSPS) is 14.6. The van der Waals surface area contributed by atoms with E-state index in [4.69, 9.17) is 0 Å². The molecule has 14 heavy (non-hydrogen) atoms. The molecule has 0 spiro atoms. The average Bonchev–Trinajstić information content (AvgIpc) is 2.59. The van der Waals surface area contributed by atoms with Gasteiger partial charge in [-0.05, 0) is 13.3 Å². The van der Waals surface area contributed by atoms with Crippen molar-refractivity contribution in [3.8, 4) is 0 Å². The second-order valence-corrected chi connectivity index (χ2v) is 4.38. The molecule has 0 radical (unpaired) electrons. The van der Waals surface area contributed by atoms with Gasteiger partial charge in [-0.2, -0.15) is 0 Å². The lowest BCUT2D eigenvalue weighted by molar-refractivity contribution is 1.20. The Bertz CT molecular complexity index is 538. The average molecular weight is 181 g/mol. The van der Waals surface area contributed by atoms with Gasteiger partial charge in [0.15, 0.2) is 0 Å². The van der Waals surface area contributed by atoms with Crippen molar-refractivity contribution in [1.29, 1.82) is 0 Å². The Balaban J connectivity index is 2.31. The quantitative estimate of drug-likeness (QED) is 0.542. The third kappa shape index (κ3) is 1.04. The second-order valence-electron chi connectivity index (χ2n) is 4.38. The molecule has 0 N–H and O–H groups in total. The molecule has 0 unspecified atom stereocenters. The lowest BCUT2D eigenvalue weighted by Crippen LogP contribution is -1.81. The van der Waals surface area contributed by atoms with E-state index in [1.165, 1.54) is 33.0 Å². The van der Waals surface area contributed by atoms with Gasteiger partial charge in [0.1, 0.15) is 0 Å². The minimum atomic E-state index is 1.13. The molecule has 0 bridgehead atoms. The van der Waals surface area contributed by atoms with Gasteiger partial charge in [-0.3, -0.25) is 0 Å². The minimum Gasteiger partial charge on any atom is -0.149 e. The van der Waals surface area contributed by atoms with E-state index in [0.717, 1.165) is 6.42 Å². The lowest BCUT2D eigenvalue weighted by Gasteiger charge is -2.05. The van der Waals surface area contributed by atoms with E-state index in [0.29, 0.717) is 0 Å². The number of aryl methyl sites for hydroxylation is 1. The van der Waals surface area contributed by atoms with Gasteiger partial charge in [-0.25, -0.2) is 0 Å². The smallest absolute Gasteiger partial charge is 0.0206 e. The molecule has 70 valence electrons. The summed E-state index contributed by atoms with van der Waals surface area (Å²) in [5.74, 6) is 0. The largest absolute Gasteiger partial charge is 0.149 e. The minimum absolute atomic E-state index is 1.13. The standard InChI is InChI=1S/C14H13/c1-9-3-11-7-13-5-10(2)6-14(13)8-12(11)4-9/h3-5,7-8H,6H2,1-2H3/q-1. The van der Waals surface area contributed by atoms with E-state index in [2.05, 4.69) is 44.2 Å². The van der Waals surface area contributed by atoms with Crippen molar-refractivity contribution in [2.75, 3.05) is 0 Å². The molecule has 2 aromatic rings. The predicted molar refractivity (Wildman–Crippen MR) is 61.6 cm³/mol. The summed E-state index contributed by atoms with van der Waals surface area (Å²) in [5.41, 5.74) is 5.75. The molecule has 1 aliphatic carbocycles. The predicted octanol–water partition coefficient (Wildman–Crippen LogP) is 3.83. The maximum atomic E-state index is 2.34. The van der Waals surface area contributed by atoms with Gasteiger partial charge in [0.2, 0.25) is 0 Å². The Morgan fingerprint density at radius 2 is 2.00 bits per heavy atom. The summed E-state index contributed by atoms with van der Waals surface area (Å²) in [4.78, 5) is 0. The molecule has 0 heteroatoms. The summed E-state index contributed by atoms with van der Waals surface area (Å²) in [6, 6.07) is 9.18. The third-order valence-electron chi connectivity index (χ3n) is 2.98. The van der Waals surface area contributed by atoms with Crippen molar-refractivity contribution >= 4 is 16.8 Å².